The minimum Gasteiger partial charge on any atom is -0.508 e. The van der Waals surface area contributed by atoms with Gasteiger partial charge in [0.1, 0.15) is 5.75 Å². The molecule has 1 aromatic rings. The molecule has 0 bridgehead atoms. The van der Waals surface area contributed by atoms with Gasteiger partial charge in [-0.3, -0.25) is 0 Å². The van der Waals surface area contributed by atoms with Crippen LogP contribution in [-0.2, 0) is 10.0 Å². The van der Waals surface area contributed by atoms with Gasteiger partial charge in [-0.1, -0.05) is 19.3 Å². The summed E-state index contributed by atoms with van der Waals surface area (Å²) >= 11 is 0. The molecule has 110 valence electrons. The summed E-state index contributed by atoms with van der Waals surface area (Å²) in [4.78, 5) is 0.282. The summed E-state index contributed by atoms with van der Waals surface area (Å²) in [5, 5.41) is 9.28. The van der Waals surface area contributed by atoms with Crippen molar-refractivity contribution in [3.8, 4) is 5.75 Å². The van der Waals surface area contributed by atoms with Crippen LogP contribution in [0, 0.1) is 11.8 Å². The van der Waals surface area contributed by atoms with Gasteiger partial charge in [0.15, 0.2) is 0 Å². The summed E-state index contributed by atoms with van der Waals surface area (Å²) < 4.78 is 26.9. The summed E-state index contributed by atoms with van der Waals surface area (Å²) in [6, 6.07) is 5.83. The number of piperidine rings is 1. The Kier molecular flexibility index (Phi) is 3.73. The van der Waals surface area contributed by atoms with Crippen LogP contribution in [0.3, 0.4) is 0 Å². The van der Waals surface area contributed by atoms with Crippen LogP contribution in [0.1, 0.15) is 32.1 Å². The zero-order valence-electron chi connectivity index (χ0n) is 11.5. The molecule has 0 amide bonds. The molecule has 0 aromatic heterocycles. The number of hydrogen-bond acceptors (Lipinski definition) is 3. The highest BCUT2D eigenvalue weighted by atomic mass is 32.2. The van der Waals surface area contributed by atoms with Crippen LogP contribution in [0.5, 0.6) is 5.75 Å². The van der Waals surface area contributed by atoms with Gasteiger partial charge in [0.25, 0.3) is 0 Å². The normalized spacial score (nSPS) is 28.0. The fourth-order valence-corrected chi connectivity index (χ4v) is 5.06. The molecule has 1 N–H and O–H groups in total. The lowest BCUT2D eigenvalue weighted by Crippen LogP contribution is -2.44. The van der Waals surface area contributed by atoms with Crippen LogP contribution in [-0.4, -0.2) is 30.9 Å². The molecular formula is C15H21NO3S. The number of benzene rings is 1. The lowest BCUT2D eigenvalue weighted by Gasteiger charge is -2.40. The molecule has 1 aliphatic carbocycles. The Labute approximate surface area is 120 Å². The first-order valence-corrected chi connectivity index (χ1v) is 8.80. The van der Waals surface area contributed by atoms with Crippen LogP contribution < -0.4 is 0 Å². The topological polar surface area (TPSA) is 57.6 Å². The molecule has 0 spiro atoms. The smallest absolute Gasteiger partial charge is 0.243 e. The largest absolute Gasteiger partial charge is 0.508 e. The van der Waals surface area contributed by atoms with Gasteiger partial charge in [0.05, 0.1) is 4.90 Å². The Morgan fingerprint density at radius 1 is 1.00 bits per heavy atom. The van der Waals surface area contributed by atoms with E-state index in [-0.39, 0.29) is 10.6 Å². The van der Waals surface area contributed by atoms with Gasteiger partial charge in [0.2, 0.25) is 10.0 Å². The summed E-state index contributed by atoms with van der Waals surface area (Å²) in [5.41, 5.74) is 0. The third-order valence-corrected chi connectivity index (χ3v) is 6.61. The minimum absolute atomic E-state index is 0.0925. The zero-order valence-corrected chi connectivity index (χ0v) is 12.3. The molecule has 1 aromatic carbocycles. The van der Waals surface area contributed by atoms with E-state index in [4.69, 9.17) is 0 Å². The van der Waals surface area contributed by atoms with E-state index in [1.807, 2.05) is 0 Å². The number of hydrogen-bond donors (Lipinski definition) is 1. The predicted molar refractivity (Wildman–Crippen MR) is 76.9 cm³/mol. The lowest BCUT2D eigenvalue weighted by atomic mass is 9.76. The van der Waals surface area contributed by atoms with Crippen LogP contribution in [0.4, 0.5) is 0 Å². The molecule has 3 rings (SSSR count). The molecule has 0 radical (unpaired) electrons. The van der Waals surface area contributed by atoms with Crippen LogP contribution in [0.2, 0.25) is 0 Å². The zero-order chi connectivity index (χ0) is 14.2. The minimum atomic E-state index is -3.41. The molecule has 5 heteroatoms. The van der Waals surface area contributed by atoms with Crippen molar-refractivity contribution in [3.63, 3.8) is 0 Å². The van der Waals surface area contributed by atoms with Crippen molar-refractivity contribution in [2.45, 2.75) is 37.0 Å². The SMILES string of the molecule is O=S(=O)(c1ccc(O)cc1)N1CCC2CCCCC2C1. The maximum atomic E-state index is 12.6. The lowest BCUT2D eigenvalue weighted by molar-refractivity contribution is 0.136. The molecule has 1 heterocycles. The van der Waals surface area contributed by atoms with E-state index in [2.05, 4.69) is 0 Å². The monoisotopic (exact) mass is 295 g/mol. The highest BCUT2D eigenvalue weighted by molar-refractivity contribution is 7.89. The van der Waals surface area contributed by atoms with E-state index in [9.17, 15) is 13.5 Å². The third-order valence-electron chi connectivity index (χ3n) is 4.73. The Morgan fingerprint density at radius 3 is 2.35 bits per heavy atom. The van der Waals surface area contributed by atoms with Crippen molar-refractivity contribution < 1.29 is 13.5 Å². The number of rotatable bonds is 2. The fraction of sp³-hybridized carbons (Fsp3) is 0.600. The third kappa shape index (κ3) is 2.56. The van der Waals surface area contributed by atoms with Crippen LogP contribution in [0.15, 0.2) is 29.2 Å². The van der Waals surface area contributed by atoms with Crippen LogP contribution in [0.25, 0.3) is 0 Å². The molecule has 20 heavy (non-hydrogen) atoms. The summed E-state index contributed by atoms with van der Waals surface area (Å²) in [7, 11) is -3.41. The van der Waals surface area contributed by atoms with Crippen molar-refractivity contribution in [1.29, 1.82) is 0 Å². The molecule has 2 unspecified atom stereocenters. The molecule has 1 aliphatic heterocycles. The van der Waals surface area contributed by atoms with Gasteiger partial charge in [-0.05, 0) is 48.9 Å². The van der Waals surface area contributed by atoms with E-state index in [0.29, 0.717) is 19.0 Å². The molecule has 4 nitrogen and oxygen atoms in total. The number of nitrogens with zero attached hydrogens (tertiary/aromatic N) is 1. The van der Waals surface area contributed by atoms with E-state index < -0.39 is 10.0 Å². The second-order valence-electron chi connectivity index (χ2n) is 5.95. The standard InChI is InChI=1S/C15H21NO3S/c17-14-5-7-15(8-6-14)20(18,19)16-10-9-12-3-1-2-4-13(12)11-16/h5-8,12-13,17H,1-4,9-11H2. The maximum Gasteiger partial charge on any atom is 0.243 e. The summed E-state index contributed by atoms with van der Waals surface area (Å²) in [6.07, 6.45) is 5.94. The molecule has 1 saturated heterocycles. The van der Waals surface area contributed by atoms with Gasteiger partial charge in [0, 0.05) is 13.1 Å². The van der Waals surface area contributed by atoms with Gasteiger partial charge in [-0.15, -0.1) is 0 Å². The van der Waals surface area contributed by atoms with E-state index >= 15 is 0 Å². The van der Waals surface area contributed by atoms with Gasteiger partial charge < -0.3 is 5.11 Å². The quantitative estimate of drug-likeness (QED) is 0.912. The number of phenolic OH excluding ortho intramolecular Hbond substituents is 1. The first kappa shape index (κ1) is 13.9. The summed E-state index contributed by atoms with van der Waals surface area (Å²) in [6.45, 7) is 1.29. The molecule has 2 atom stereocenters. The van der Waals surface area contributed by atoms with E-state index in [0.717, 1.165) is 18.8 Å². The highest BCUT2D eigenvalue weighted by Gasteiger charge is 2.36. The Morgan fingerprint density at radius 2 is 1.65 bits per heavy atom. The van der Waals surface area contributed by atoms with Crippen molar-refractivity contribution in [2.75, 3.05) is 13.1 Å². The van der Waals surface area contributed by atoms with Crippen molar-refractivity contribution in [1.82, 2.24) is 4.31 Å². The Hall–Kier alpha value is -1.07. The van der Waals surface area contributed by atoms with Crippen LogP contribution >= 0.6 is 0 Å². The summed E-state index contributed by atoms with van der Waals surface area (Å²) in [5.74, 6) is 1.34. The number of sulfonamides is 1. The maximum absolute atomic E-state index is 12.6. The molecule has 2 aliphatic rings. The second-order valence-corrected chi connectivity index (χ2v) is 7.89. The Bertz CT molecular complexity index is 567. The van der Waals surface area contributed by atoms with Gasteiger partial charge in [-0.25, -0.2) is 8.42 Å². The van der Waals surface area contributed by atoms with Crippen molar-refractivity contribution in [3.05, 3.63) is 24.3 Å². The average molecular weight is 295 g/mol. The Balaban J connectivity index is 1.79. The molecule has 1 saturated carbocycles. The number of fused-ring (bicyclic) bond motifs is 1. The second kappa shape index (κ2) is 5.37. The van der Waals surface area contributed by atoms with Crippen molar-refractivity contribution in [2.24, 2.45) is 11.8 Å². The number of aromatic hydroxyl groups is 1. The first-order chi connectivity index (χ1) is 9.57. The van der Waals surface area contributed by atoms with E-state index in [1.54, 1.807) is 4.31 Å². The highest BCUT2D eigenvalue weighted by Crippen LogP contribution is 2.37. The average Bonchev–Trinajstić information content (AvgIpc) is 2.47. The number of phenols is 1. The van der Waals surface area contributed by atoms with E-state index in [1.165, 1.54) is 43.5 Å². The van der Waals surface area contributed by atoms with Gasteiger partial charge in [-0.2, -0.15) is 4.31 Å². The molecule has 2 fully saturated rings. The first-order valence-electron chi connectivity index (χ1n) is 7.36. The fourth-order valence-electron chi connectivity index (χ4n) is 3.55. The van der Waals surface area contributed by atoms with Gasteiger partial charge >= 0.3 is 0 Å². The predicted octanol–water partition coefficient (Wildman–Crippen LogP) is 2.59. The molecular weight excluding hydrogens is 274 g/mol. The van der Waals surface area contributed by atoms with Crippen molar-refractivity contribution >= 4 is 10.0 Å².